The van der Waals surface area contributed by atoms with Crippen molar-refractivity contribution in [2.24, 2.45) is 5.84 Å². The lowest BCUT2D eigenvalue weighted by Crippen LogP contribution is -2.12. The van der Waals surface area contributed by atoms with Gasteiger partial charge in [-0.25, -0.2) is 10.8 Å². The molecule has 5 heteroatoms. The molecule has 0 spiro atoms. The Balaban J connectivity index is 2.04. The van der Waals surface area contributed by atoms with Crippen LogP contribution >= 0.6 is 15.9 Å². The summed E-state index contributed by atoms with van der Waals surface area (Å²) in [5.74, 6) is 6.80. The zero-order valence-electron chi connectivity index (χ0n) is 9.06. The van der Waals surface area contributed by atoms with Gasteiger partial charge in [0.2, 0.25) is 0 Å². The van der Waals surface area contributed by atoms with Crippen molar-refractivity contribution in [1.82, 2.24) is 4.98 Å². The molecule has 88 valence electrons. The summed E-state index contributed by atoms with van der Waals surface area (Å²) in [6.07, 6.45) is 1.68. The Bertz CT molecular complexity index is 487. The van der Waals surface area contributed by atoms with Crippen LogP contribution in [0.3, 0.4) is 0 Å². The number of rotatable bonds is 4. The molecule has 0 aliphatic rings. The minimum Gasteiger partial charge on any atom is -0.489 e. The highest BCUT2D eigenvalue weighted by molar-refractivity contribution is 9.10. The molecule has 0 amide bonds. The van der Waals surface area contributed by atoms with E-state index in [1.165, 1.54) is 0 Å². The van der Waals surface area contributed by atoms with Crippen LogP contribution in [0.25, 0.3) is 0 Å². The van der Waals surface area contributed by atoms with Gasteiger partial charge in [-0.1, -0.05) is 22.0 Å². The van der Waals surface area contributed by atoms with Crippen molar-refractivity contribution in [1.29, 1.82) is 0 Å². The summed E-state index contributed by atoms with van der Waals surface area (Å²) in [5, 5.41) is 0. The van der Waals surface area contributed by atoms with E-state index in [0.29, 0.717) is 12.4 Å². The number of ether oxygens (including phenoxy) is 1. The molecule has 3 N–H and O–H groups in total. The van der Waals surface area contributed by atoms with Crippen LogP contribution in [0, 0.1) is 0 Å². The lowest BCUT2D eigenvalue weighted by atomic mass is 10.2. The van der Waals surface area contributed by atoms with Gasteiger partial charge in [-0.2, -0.15) is 0 Å². The van der Waals surface area contributed by atoms with Crippen molar-refractivity contribution < 1.29 is 4.74 Å². The number of aromatic nitrogens is 1. The molecule has 2 rings (SSSR count). The summed E-state index contributed by atoms with van der Waals surface area (Å²) in [5.41, 5.74) is 3.46. The zero-order chi connectivity index (χ0) is 12.1. The van der Waals surface area contributed by atoms with Crippen LogP contribution in [0.2, 0.25) is 0 Å². The predicted octanol–water partition coefficient (Wildman–Crippen LogP) is 2.71. The largest absolute Gasteiger partial charge is 0.489 e. The standard InChI is InChI=1S/C12H12BrN3O/c13-10-3-5-11(6-4-10)17-8-9-2-1-7-15-12(9)16-14/h1-7H,8,14H2,(H,15,16). The van der Waals surface area contributed by atoms with Crippen LogP contribution in [0.4, 0.5) is 5.82 Å². The van der Waals surface area contributed by atoms with Crippen molar-refractivity contribution >= 4 is 21.7 Å². The Morgan fingerprint density at radius 1 is 1.24 bits per heavy atom. The van der Waals surface area contributed by atoms with Crippen molar-refractivity contribution in [3.8, 4) is 5.75 Å². The van der Waals surface area contributed by atoms with Gasteiger partial charge in [0.1, 0.15) is 18.2 Å². The summed E-state index contributed by atoms with van der Waals surface area (Å²) in [4.78, 5) is 4.10. The molecule has 0 saturated heterocycles. The lowest BCUT2D eigenvalue weighted by Gasteiger charge is -2.09. The first-order chi connectivity index (χ1) is 8.29. The summed E-state index contributed by atoms with van der Waals surface area (Å²) in [6, 6.07) is 11.4. The van der Waals surface area contributed by atoms with Gasteiger partial charge in [0.15, 0.2) is 0 Å². The number of nitrogen functional groups attached to an aromatic ring is 1. The number of pyridine rings is 1. The third kappa shape index (κ3) is 3.18. The summed E-state index contributed by atoms with van der Waals surface area (Å²) in [6.45, 7) is 0.426. The molecule has 0 atom stereocenters. The highest BCUT2D eigenvalue weighted by Gasteiger charge is 2.02. The molecule has 1 aromatic carbocycles. The summed E-state index contributed by atoms with van der Waals surface area (Å²) in [7, 11) is 0. The number of nitrogens with one attached hydrogen (secondary N) is 1. The van der Waals surface area contributed by atoms with E-state index in [2.05, 4.69) is 26.3 Å². The Hall–Kier alpha value is -1.59. The topological polar surface area (TPSA) is 60.2 Å². The molecule has 1 aromatic heterocycles. The molecule has 0 saturated carbocycles. The van der Waals surface area contributed by atoms with E-state index in [4.69, 9.17) is 10.6 Å². The van der Waals surface area contributed by atoms with Crippen LogP contribution in [0.5, 0.6) is 5.75 Å². The van der Waals surface area contributed by atoms with Crippen molar-refractivity contribution in [2.45, 2.75) is 6.61 Å². The molecule has 17 heavy (non-hydrogen) atoms. The SMILES string of the molecule is NNc1ncccc1COc1ccc(Br)cc1. The quantitative estimate of drug-likeness (QED) is 0.672. The van der Waals surface area contributed by atoms with Crippen LogP contribution < -0.4 is 16.0 Å². The molecular weight excluding hydrogens is 282 g/mol. The lowest BCUT2D eigenvalue weighted by molar-refractivity contribution is 0.306. The fourth-order valence-electron chi connectivity index (χ4n) is 1.38. The van der Waals surface area contributed by atoms with Gasteiger partial charge in [0.25, 0.3) is 0 Å². The molecule has 0 radical (unpaired) electrons. The van der Waals surface area contributed by atoms with E-state index >= 15 is 0 Å². The molecule has 4 nitrogen and oxygen atoms in total. The maximum atomic E-state index is 5.63. The molecule has 0 aliphatic carbocycles. The Morgan fingerprint density at radius 3 is 2.71 bits per heavy atom. The van der Waals surface area contributed by atoms with Crippen LogP contribution in [0.1, 0.15) is 5.56 Å². The van der Waals surface area contributed by atoms with Gasteiger partial charge >= 0.3 is 0 Å². The van der Waals surface area contributed by atoms with E-state index in [0.717, 1.165) is 15.8 Å². The average molecular weight is 294 g/mol. The second kappa shape index (κ2) is 5.65. The molecule has 0 fully saturated rings. The number of hydrogen-bond donors (Lipinski definition) is 2. The normalized spacial score (nSPS) is 10.0. The van der Waals surface area contributed by atoms with Gasteiger partial charge in [-0.3, -0.25) is 0 Å². The van der Waals surface area contributed by atoms with Gasteiger partial charge < -0.3 is 10.2 Å². The van der Waals surface area contributed by atoms with E-state index in [-0.39, 0.29) is 0 Å². The highest BCUT2D eigenvalue weighted by atomic mass is 79.9. The monoisotopic (exact) mass is 293 g/mol. The fraction of sp³-hybridized carbons (Fsp3) is 0.0833. The first-order valence-electron chi connectivity index (χ1n) is 5.08. The van der Waals surface area contributed by atoms with E-state index in [1.807, 2.05) is 36.4 Å². The molecular formula is C12H12BrN3O. The number of nitrogens with zero attached hydrogens (tertiary/aromatic N) is 1. The number of nitrogens with two attached hydrogens (primary N) is 1. The maximum absolute atomic E-state index is 5.63. The predicted molar refractivity (Wildman–Crippen MR) is 70.5 cm³/mol. The van der Waals surface area contributed by atoms with E-state index < -0.39 is 0 Å². The molecule has 0 unspecified atom stereocenters. The second-order valence-corrected chi connectivity index (χ2v) is 4.31. The Morgan fingerprint density at radius 2 is 2.00 bits per heavy atom. The zero-order valence-corrected chi connectivity index (χ0v) is 10.6. The van der Waals surface area contributed by atoms with Crippen LogP contribution in [-0.2, 0) is 6.61 Å². The Kier molecular flexibility index (Phi) is 3.95. The van der Waals surface area contributed by atoms with Gasteiger partial charge in [0.05, 0.1) is 0 Å². The smallest absolute Gasteiger partial charge is 0.146 e. The molecule has 0 aliphatic heterocycles. The highest BCUT2D eigenvalue weighted by Crippen LogP contribution is 2.18. The molecule has 1 heterocycles. The summed E-state index contributed by atoms with van der Waals surface area (Å²) >= 11 is 3.37. The van der Waals surface area contributed by atoms with Crippen molar-refractivity contribution in [3.63, 3.8) is 0 Å². The van der Waals surface area contributed by atoms with Gasteiger partial charge in [-0.05, 0) is 30.3 Å². The van der Waals surface area contributed by atoms with Gasteiger partial charge in [0, 0.05) is 16.2 Å². The second-order valence-electron chi connectivity index (χ2n) is 3.40. The fourth-order valence-corrected chi connectivity index (χ4v) is 1.64. The first kappa shape index (κ1) is 11.9. The number of halogens is 1. The van der Waals surface area contributed by atoms with Gasteiger partial charge in [-0.15, -0.1) is 0 Å². The minimum atomic E-state index is 0.426. The summed E-state index contributed by atoms with van der Waals surface area (Å²) < 4.78 is 6.66. The number of hydrogen-bond acceptors (Lipinski definition) is 4. The van der Waals surface area contributed by atoms with E-state index in [1.54, 1.807) is 6.20 Å². The Labute approximate surface area is 108 Å². The third-order valence-electron chi connectivity index (χ3n) is 2.24. The van der Waals surface area contributed by atoms with Crippen molar-refractivity contribution in [2.75, 3.05) is 5.43 Å². The van der Waals surface area contributed by atoms with Crippen LogP contribution in [-0.4, -0.2) is 4.98 Å². The average Bonchev–Trinajstić information content (AvgIpc) is 2.38. The first-order valence-corrected chi connectivity index (χ1v) is 5.88. The number of benzene rings is 1. The van der Waals surface area contributed by atoms with E-state index in [9.17, 15) is 0 Å². The number of anilines is 1. The maximum Gasteiger partial charge on any atom is 0.146 e. The molecule has 0 bridgehead atoms. The van der Waals surface area contributed by atoms with Crippen LogP contribution in [0.15, 0.2) is 47.1 Å². The minimum absolute atomic E-state index is 0.426. The number of hydrazine groups is 1. The van der Waals surface area contributed by atoms with Crippen molar-refractivity contribution in [3.05, 3.63) is 52.6 Å². The molecule has 2 aromatic rings. The third-order valence-corrected chi connectivity index (χ3v) is 2.76.